The number of aryl methyl sites for hydroxylation is 1. The molecule has 282 valence electrons. The number of tetrazole rings is 1. The van der Waals surface area contributed by atoms with E-state index in [2.05, 4.69) is 52.0 Å². The van der Waals surface area contributed by atoms with Crippen LogP contribution in [0.4, 0.5) is 5.82 Å². The standard InChI is InChI=1S/C39H57N9O4/c1-26(2)36(52-37(49)38(5,6)7)48-46-35(45-47-48)23-51-22-28(4)43-30-13-11-29(12-14-30)19-31-20-32(27(3)21-41-31)33-9-8-10-34(44-33)42-25-39(24-40)15-17-50-18-16-39/h8-10,20-21,26,28-30,36,43H,11-19,22-23,25H2,1-7H3,(H,42,44)/t28-,29?,30?,36-/m1/s1. The topological polar surface area (TPSA) is 162 Å². The van der Waals surface area contributed by atoms with Gasteiger partial charge < -0.3 is 24.8 Å². The highest BCUT2D eigenvalue weighted by Gasteiger charge is 2.33. The number of nitriles is 1. The molecule has 5 rings (SSSR count). The number of esters is 1. The summed E-state index contributed by atoms with van der Waals surface area (Å²) in [7, 11) is 0. The van der Waals surface area contributed by atoms with Crippen LogP contribution >= 0.6 is 0 Å². The lowest BCUT2D eigenvalue weighted by molar-refractivity contribution is -0.169. The zero-order valence-electron chi connectivity index (χ0n) is 32.0. The predicted molar refractivity (Wildman–Crippen MR) is 198 cm³/mol. The van der Waals surface area contributed by atoms with Gasteiger partial charge in [0.2, 0.25) is 12.1 Å². The zero-order chi connectivity index (χ0) is 37.3. The fourth-order valence-electron chi connectivity index (χ4n) is 6.75. The van der Waals surface area contributed by atoms with Crippen molar-refractivity contribution in [3.63, 3.8) is 0 Å². The van der Waals surface area contributed by atoms with Crippen LogP contribution in [0.1, 0.15) is 103 Å². The van der Waals surface area contributed by atoms with E-state index < -0.39 is 17.1 Å². The highest BCUT2D eigenvalue weighted by Crippen LogP contribution is 2.32. The Morgan fingerprint density at radius 1 is 1.15 bits per heavy atom. The number of ether oxygens (including phenoxy) is 3. The van der Waals surface area contributed by atoms with Gasteiger partial charge in [-0.25, -0.2) is 4.98 Å². The summed E-state index contributed by atoms with van der Waals surface area (Å²) in [4.78, 5) is 23.6. The molecular weight excluding hydrogens is 658 g/mol. The van der Waals surface area contributed by atoms with Crippen LogP contribution in [-0.4, -0.2) is 74.6 Å². The summed E-state index contributed by atoms with van der Waals surface area (Å²) in [5, 5.41) is 29.7. The van der Waals surface area contributed by atoms with Crippen LogP contribution < -0.4 is 10.6 Å². The molecule has 0 unspecified atom stereocenters. The van der Waals surface area contributed by atoms with Crippen LogP contribution in [0, 0.1) is 40.9 Å². The fraction of sp³-hybridized carbons (Fsp3) is 0.667. The molecule has 0 amide bonds. The summed E-state index contributed by atoms with van der Waals surface area (Å²) >= 11 is 0. The van der Waals surface area contributed by atoms with Crippen molar-refractivity contribution in [1.29, 1.82) is 5.26 Å². The number of anilines is 1. The van der Waals surface area contributed by atoms with E-state index in [9.17, 15) is 10.1 Å². The van der Waals surface area contributed by atoms with Gasteiger partial charge in [0.15, 0.2) is 0 Å². The van der Waals surface area contributed by atoms with Gasteiger partial charge in [-0.3, -0.25) is 9.78 Å². The molecule has 13 heteroatoms. The SMILES string of the molecule is Cc1cnc(CC2CCC(N[C@H](C)COCc3nnn([C@H](OC(=O)C(C)(C)C)C(C)C)n3)CC2)cc1-c1cccc(NCC2(C#N)CCOCC2)n1. The minimum absolute atomic E-state index is 0.0185. The number of nitrogens with one attached hydrogen (secondary N) is 2. The third-order valence-electron chi connectivity index (χ3n) is 10.1. The molecule has 3 aromatic rings. The quantitative estimate of drug-likeness (QED) is 0.171. The lowest BCUT2D eigenvalue weighted by atomic mass is 9.82. The monoisotopic (exact) mass is 715 g/mol. The summed E-state index contributed by atoms with van der Waals surface area (Å²) < 4.78 is 17.1. The molecule has 1 aliphatic carbocycles. The molecule has 0 bridgehead atoms. The highest BCUT2D eigenvalue weighted by molar-refractivity contribution is 5.75. The Morgan fingerprint density at radius 3 is 2.60 bits per heavy atom. The lowest BCUT2D eigenvalue weighted by Gasteiger charge is -2.31. The first-order valence-corrected chi connectivity index (χ1v) is 18.8. The van der Waals surface area contributed by atoms with E-state index in [0.29, 0.717) is 44.1 Å². The van der Waals surface area contributed by atoms with Gasteiger partial charge in [0, 0.05) is 55.2 Å². The Bertz CT molecular complexity index is 1650. The van der Waals surface area contributed by atoms with Crippen molar-refractivity contribution in [2.24, 2.45) is 22.7 Å². The van der Waals surface area contributed by atoms with Crippen LogP contribution in [0.2, 0.25) is 0 Å². The second-order valence-electron chi connectivity index (χ2n) is 16.1. The first-order chi connectivity index (χ1) is 24.8. The molecule has 0 spiro atoms. The average molecular weight is 716 g/mol. The van der Waals surface area contributed by atoms with E-state index >= 15 is 0 Å². The maximum Gasteiger partial charge on any atom is 0.313 e. The van der Waals surface area contributed by atoms with Crippen molar-refractivity contribution in [3.8, 4) is 17.3 Å². The second kappa shape index (κ2) is 17.7. The van der Waals surface area contributed by atoms with Crippen molar-refractivity contribution in [2.45, 2.75) is 118 Å². The normalized spacial score (nSPS) is 20.2. The predicted octanol–water partition coefficient (Wildman–Crippen LogP) is 6.21. The minimum atomic E-state index is -0.628. The average Bonchev–Trinajstić information content (AvgIpc) is 3.59. The largest absolute Gasteiger partial charge is 0.437 e. The van der Waals surface area contributed by atoms with Gasteiger partial charge in [-0.1, -0.05) is 19.9 Å². The Balaban J connectivity index is 1.05. The molecule has 13 nitrogen and oxygen atoms in total. The molecule has 2 aliphatic rings. The molecule has 3 aromatic heterocycles. The number of rotatable bonds is 15. The van der Waals surface area contributed by atoms with Gasteiger partial charge in [0.25, 0.3) is 0 Å². The molecule has 1 aliphatic heterocycles. The summed E-state index contributed by atoms with van der Waals surface area (Å²) in [6.07, 6.45) is 8.26. The number of carbonyl (C=O) groups excluding carboxylic acids is 1. The van der Waals surface area contributed by atoms with Gasteiger partial charge in [-0.05, 0) is 114 Å². The Labute approximate surface area is 308 Å². The number of nitrogens with zero attached hydrogens (tertiary/aromatic N) is 7. The molecule has 0 radical (unpaired) electrons. The zero-order valence-corrected chi connectivity index (χ0v) is 32.0. The van der Waals surface area contributed by atoms with E-state index in [-0.39, 0.29) is 24.5 Å². The van der Waals surface area contributed by atoms with E-state index in [1.54, 1.807) is 0 Å². The molecule has 52 heavy (non-hydrogen) atoms. The smallest absolute Gasteiger partial charge is 0.313 e. The molecule has 0 aromatic carbocycles. The summed E-state index contributed by atoms with van der Waals surface area (Å²) in [6.45, 7) is 16.2. The van der Waals surface area contributed by atoms with Crippen molar-refractivity contribution in [2.75, 3.05) is 31.7 Å². The van der Waals surface area contributed by atoms with Gasteiger partial charge in [-0.2, -0.15) is 5.26 Å². The van der Waals surface area contributed by atoms with Crippen LogP contribution in [0.5, 0.6) is 0 Å². The number of aromatic nitrogens is 6. The fourth-order valence-corrected chi connectivity index (χ4v) is 6.75. The molecule has 1 saturated carbocycles. The third kappa shape index (κ3) is 10.8. The highest BCUT2D eigenvalue weighted by atomic mass is 16.6. The van der Waals surface area contributed by atoms with Crippen LogP contribution in [0.3, 0.4) is 0 Å². The van der Waals surface area contributed by atoms with E-state index in [4.69, 9.17) is 24.2 Å². The van der Waals surface area contributed by atoms with Gasteiger partial charge >= 0.3 is 5.97 Å². The number of pyridine rings is 2. The van der Waals surface area contributed by atoms with E-state index in [0.717, 1.165) is 73.3 Å². The summed E-state index contributed by atoms with van der Waals surface area (Å²) in [5.41, 5.74) is 3.17. The first kappa shape index (κ1) is 39.2. The van der Waals surface area contributed by atoms with E-state index in [1.807, 2.05) is 59.0 Å². The van der Waals surface area contributed by atoms with Crippen molar-refractivity contribution in [1.82, 2.24) is 35.5 Å². The number of carbonyl (C=O) groups is 1. The summed E-state index contributed by atoms with van der Waals surface area (Å²) in [5.74, 6) is 1.49. The molecule has 2 N–H and O–H groups in total. The molecule has 4 heterocycles. The summed E-state index contributed by atoms with van der Waals surface area (Å²) in [6, 6.07) is 11.4. The van der Waals surface area contributed by atoms with Gasteiger partial charge in [0.1, 0.15) is 12.4 Å². The first-order valence-electron chi connectivity index (χ1n) is 18.8. The van der Waals surface area contributed by atoms with Gasteiger partial charge in [0.05, 0.1) is 29.2 Å². The van der Waals surface area contributed by atoms with Crippen molar-refractivity contribution >= 4 is 11.8 Å². The van der Waals surface area contributed by atoms with E-state index in [1.165, 1.54) is 4.80 Å². The van der Waals surface area contributed by atoms with Crippen LogP contribution in [0.15, 0.2) is 30.5 Å². The maximum atomic E-state index is 12.5. The number of hydrogen-bond acceptors (Lipinski definition) is 12. The van der Waals surface area contributed by atoms with Crippen LogP contribution in [-0.2, 0) is 32.0 Å². The Morgan fingerprint density at radius 2 is 1.90 bits per heavy atom. The lowest BCUT2D eigenvalue weighted by Crippen LogP contribution is -2.41. The van der Waals surface area contributed by atoms with Crippen molar-refractivity contribution in [3.05, 3.63) is 47.5 Å². The van der Waals surface area contributed by atoms with Gasteiger partial charge in [-0.15, -0.1) is 15.0 Å². The molecular formula is C39H57N9O4. The molecule has 2 fully saturated rings. The molecule has 1 saturated heterocycles. The third-order valence-corrected chi connectivity index (χ3v) is 10.1. The Kier molecular flexibility index (Phi) is 13.3. The van der Waals surface area contributed by atoms with Crippen LogP contribution in [0.25, 0.3) is 11.3 Å². The minimum Gasteiger partial charge on any atom is -0.437 e. The Hall–Kier alpha value is -3.99. The number of hydrogen-bond donors (Lipinski definition) is 2. The van der Waals surface area contributed by atoms with Crippen molar-refractivity contribution < 1.29 is 19.0 Å². The molecule has 2 atom stereocenters. The maximum absolute atomic E-state index is 12.5. The second-order valence-corrected chi connectivity index (χ2v) is 16.1.